The highest BCUT2D eigenvalue weighted by atomic mass is 127. The number of pyridine rings is 1. The van der Waals surface area contributed by atoms with Gasteiger partial charge in [0.2, 0.25) is 0 Å². The summed E-state index contributed by atoms with van der Waals surface area (Å²) in [4.78, 5) is 11.4. The molecule has 1 fully saturated rings. The number of hydrogen-bond acceptors (Lipinski definition) is 3. The highest BCUT2D eigenvalue weighted by Gasteiger charge is 2.25. The Morgan fingerprint density at radius 3 is 2.78 bits per heavy atom. The lowest BCUT2D eigenvalue weighted by atomic mass is 10.1. The first-order chi connectivity index (χ1) is 12.7. The number of nitrogens with zero attached hydrogens (tertiary/aromatic N) is 3. The van der Waals surface area contributed by atoms with Crippen LogP contribution >= 0.6 is 35.6 Å². The second-order valence-electron chi connectivity index (χ2n) is 6.57. The molecule has 27 heavy (non-hydrogen) atoms. The summed E-state index contributed by atoms with van der Waals surface area (Å²) in [5.41, 5.74) is 2.48. The molecule has 146 valence electrons. The molecule has 1 aliphatic rings. The fraction of sp³-hybridized carbons (Fsp3) is 0.400. The standard InChI is InChI=1S/C20H26ClN5.HI/c1-3-22-20(24-13-16-8-6-15(2)7-9-16)25-17-10-12-26(14-17)19-18(21)5-4-11-23-19;/h4-9,11,17H,3,10,12-14H2,1-2H3,(H2,22,24,25);1H. The molecule has 0 amide bonds. The molecule has 1 aromatic carbocycles. The zero-order chi connectivity index (χ0) is 18.4. The van der Waals surface area contributed by atoms with Gasteiger partial charge in [0.05, 0.1) is 11.6 Å². The Balaban J connectivity index is 0.00000261. The van der Waals surface area contributed by atoms with Gasteiger partial charge >= 0.3 is 0 Å². The quantitative estimate of drug-likeness (QED) is 0.371. The number of nitrogens with one attached hydrogen (secondary N) is 2. The summed E-state index contributed by atoms with van der Waals surface area (Å²) >= 11 is 6.28. The first kappa shape index (κ1) is 21.8. The van der Waals surface area contributed by atoms with Gasteiger partial charge in [-0.15, -0.1) is 24.0 Å². The van der Waals surface area contributed by atoms with E-state index in [0.717, 1.165) is 37.8 Å². The van der Waals surface area contributed by atoms with Gasteiger partial charge in [-0.05, 0) is 38.0 Å². The summed E-state index contributed by atoms with van der Waals surface area (Å²) in [6.45, 7) is 7.48. The number of benzene rings is 1. The van der Waals surface area contributed by atoms with Gasteiger partial charge < -0.3 is 15.5 Å². The first-order valence-electron chi connectivity index (χ1n) is 9.11. The van der Waals surface area contributed by atoms with E-state index in [-0.39, 0.29) is 24.0 Å². The van der Waals surface area contributed by atoms with E-state index in [9.17, 15) is 0 Å². The maximum Gasteiger partial charge on any atom is 0.191 e. The topological polar surface area (TPSA) is 52.6 Å². The summed E-state index contributed by atoms with van der Waals surface area (Å²) in [6, 6.07) is 12.6. The second kappa shape index (κ2) is 10.7. The number of aromatic nitrogens is 1. The van der Waals surface area contributed by atoms with Crippen molar-refractivity contribution in [3.05, 3.63) is 58.7 Å². The van der Waals surface area contributed by atoms with Gasteiger partial charge in [-0.3, -0.25) is 0 Å². The van der Waals surface area contributed by atoms with Crippen molar-refractivity contribution in [2.45, 2.75) is 32.9 Å². The Morgan fingerprint density at radius 1 is 1.30 bits per heavy atom. The van der Waals surface area contributed by atoms with Gasteiger partial charge in [0, 0.05) is 31.9 Å². The van der Waals surface area contributed by atoms with Gasteiger partial charge in [0.15, 0.2) is 5.96 Å². The predicted octanol–water partition coefficient (Wildman–Crippen LogP) is 4.00. The van der Waals surface area contributed by atoms with Crippen molar-refractivity contribution in [1.29, 1.82) is 0 Å². The molecule has 0 radical (unpaired) electrons. The van der Waals surface area contributed by atoms with Crippen LogP contribution in [0.4, 0.5) is 5.82 Å². The molecular formula is C20H27ClIN5. The molecule has 2 heterocycles. The van der Waals surface area contributed by atoms with Gasteiger partial charge in [0.25, 0.3) is 0 Å². The van der Waals surface area contributed by atoms with Crippen LogP contribution in [0, 0.1) is 6.92 Å². The number of aliphatic imine (C=N–C) groups is 1. The maximum absolute atomic E-state index is 6.28. The molecule has 0 aliphatic carbocycles. The third-order valence-electron chi connectivity index (χ3n) is 4.45. The lowest BCUT2D eigenvalue weighted by Crippen LogP contribution is -2.44. The van der Waals surface area contributed by atoms with Gasteiger partial charge in [-0.1, -0.05) is 41.4 Å². The van der Waals surface area contributed by atoms with E-state index in [2.05, 4.69) is 58.6 Å². The van der Waals surface area contributed by atoms with Crippen LogP contribution in [0.5, 0.6) is 0 Å². The molecular weight excluding hydrogens is 473 g/mol. The van der Waals surface area contributed by atoms with Crippen LogP contribution in [0.1, 0.15) is 24.5 Å². The minimum Gasteiger partial charge on any atom is -0.357 e. The molecule has 1 atom stereocenters. The van der Waals surface area contributed by atoms with Crippen LogP contribution in [-0.4, -0.2) is 36.6 Å². The third-order valence-corrected chi connectivity index (χ3v) is 4.75. The Morgan fingerprint density at radius 2 is 2.07 bits per heavy atom. The van der Waals surface area contributed by atoms with E-state index in [1.807, 2.05) is 12.1 Å². The highest BCUT2D eigenvalue weighted by Crippen LogP contribution is 2.25. The van der Waals surface area contributed by atoms with Gasteiger partial charge in [-0.2, -0.15) is 0 Å². The molecule has 5 nitrogen and oxygen atoms in total. The van der Waals surface area contributed by atoms with Gasteiger partial charge in [0.1, 0.15) is 5.82 Å². The zero-order valence-electron chi connectivity index (χ0n) is 15.8. The summed E-state index contributed by atoms with van der Waals surface area (Å²) in [5.74, 6) is 1.71. The van der Waals surface area contributed by atoms with Gasteiger partial charge in [-0.25, -0.2) is 9.98 Å². The van der Waals surface area contributed by atoms with Crippen LogP contribution in [-0.2, 0) is 6.54 Å². The lowest BCUT2D eigenvalue weighted by Gasteiger charge is -2.20. The summed E-state index contributed by atoms with van der Waals surface area (Å²) in [5, 5.41) is 7.58. The van der Waals surface area contributed by atoms with E-state index in [4.69, 9.17) is 16.6 Å². The molecule has 3 rings (SSSR count). The minimum atomic E-state index is 0. The molecule has 1 unspecified atom stereocenters. The fourth-order valence-electron chi connectivity index (χ4n) is 3.06. The van der Waals surface area contributed by atoms with Crippen molar-refractivity contribution < 1.29 is 0 Å². The maximum atomic E-state index is 6.28. The first-order valence-corrected chi connectivity index (χ1v) is 9.49. The molecule has 2 aromatic rings. The zero-order valence-corrected chi connectivity index (χ0v) is 18.9. The van der Waals surface area contributed by atoms with Crippen molar-refractivity contribution in [2.24, 2.45) is 4.99 Å². The molecule has 1 saturated heterocycles. The molecule has 2 N–H and O–H groups in total. The number of anilines is 1. The van der Waals surface area contributed by atoms with Crippen LogP contribution < -0.4 is 15.5 Å². The average Bonchev–Trinajstić information content (AvgIpc) is 3.10. The van der Waals surface area contributed by atoms with E-state index >= 15 is 0 Å². The number of rotatable bonds is 5. The van der Waals surface area contributed by atoms with Crippen LogP contribution in [0.3, 0.4) is 0 Å². The summed E-state index contributed by atoms with van der Waals surface area (Å²) < 4.78 is 0. The minimum absolute atomic E-state index is 0. The predicted molar refractivity (Wildman–Crippen MR) is 124 cm³/mol. The molecule has 0 spiro atoms. The Bertz CT molecular complexity index is 750. The normalized spacial score (nSPS) is 16.8. The smallest absolute Gasteiger partial charge is 0.191 e. The molecule has 1 aliphatic heterocycles. The van der Waals surface area contributed by atoms with Crippen LogP contribution in [0.2, 0.25) is 5.02 Å². The molecule has 0 bridgehead atoms. The van der Waals surface area contributed by atoms with Crippen molar-refractivity contribution in [3.8, 4) is 0 Å². The second-order valence-corrected chi connectivity index (χ2v) is 6.97. The summed E-state index contributed by atoms with van der Waals surface area (Å²) in [7, 11) is 0. The van der Waals surface area contributed by atoms with Crippen molar-refractivity contribution in [2.75, 3.05) is 24.5 Å². The molecule has 7 heteroatoms. The van der Waals surface area contributed by atoms with Crippen LogP contribution in [0.15, 0.2) is 47.6 Å². The number of halogens is 2. The number of hydrogen-bond donors (Lipinski definition) is 2. The number of guanidine groups is 1. The monoisotopic (exact) mass is 499 g/mol. The Kier molecular flexibility index (Phi) is 8.63. The van der Waals surface area contributed by atoms with E-state index in [0.29, 0.717) is 17.6 Å². The van der Waals surface area contributed by atoms with E-state index in [1.54, 1.807) is 6.20 Å². The van der Waals surface area contributed by atoms with E-state index in [1.165, 1.54) is 11.1 Å². The SMILES string of the molecule is CCNC(=NCc1ccc(C)cc1)NC1CCN(c2ncccc2Cl)C1.I. The average molecular weight is 500 g/mol. The van der Waals surface area contributed by atoms with Crippen molar-refractivity contribution >= 4 is 47.4 Å². The molecule has 0 saturated carbocycles. The third kappa shape index (κ3) is 6.24. The Hall–Kier alpha value is -1.54. The van der Waals surface area contributed by atoms with Crippen molar-refractivity contribution in [3.63, 3.8) is 0 Å². The highest BCUT2D eigenvalue weighted by molar-refractivity contribution is 14.0. The van der Waals surface area contributed by atoms with Crippen molar-refractivity contribution in [1.82, 2.24) is 15.6 Å². The van der Waals surface area contributed by atoms with Crippen LogP contribution in [0.25, 0.3) is 0 Å². The largest absolute Gasteiger partial charge is 0.357 e. The summed E-state index contributed by atoms with van der Waals surface area (Å²) in [6.07, 6.45) is 2.82. The fourth-order valence-corrected chi connectivity index (χ4v) is 3.30. The lowest BCUT2D eigenvalue weighted by molar-refractivity contribution is 0.649. The Labute approximate surface area is 183 Å². The number of aryl methyl sites for hydroxylation is 1. The molecule has 1 aromatic heterocycles. The van der Waals surface area contributed by atoms with E-state index < -0.39 is 0 Å².